The third-order valence-electron chi connectivity index (χ3n) is 4.14. The molecule has 0 bridgehead atoms. The first-order valence-electron chi connectivity index (χ1n) is 8.76. The molecule has 5 heteroatoms. The highest BCUT2D eigenvalue weighted by atomic mass is 32.2. The van der Waals surface area contributed by atoms with Crippen LogP contribution in [0.5, 0.6) is 0 Å². The summed E-state index contributed by atoms with van der Waals surface area (Å²) < 4.78 is 31.7. The standard InChI is InChI=1S/C19H30O4S/c1-5-6-7-11-14-18(19(15(2)3)23-16(4)20)24(21,22)17-12-9-8-10-13-17/h8-10,12-13,15,18-19H,5-7,11,14H2,1-4H3. The van der Waals surface area contributed by atoms with Crippen molar-refractivity contribution in [2.24, 2.45) is 5.92 Å². The van der Waals surface area contributed by atoms with Gasteiger partial charge in [-0.3, -0.25) is 4.79 Å². The number of hydrogen-bond acceptors (Lipinski definition) is 4. The lowest BCUT2D eigenvalue weighted by Gasteiger charge is -2.29. The fourth-order valence-electron chi connectivity index (χ4n) is 2.89. The van der Waals surface area contributed by atoms with Crippen LogP contribution in [0, 0.1) is 5.92 Å². The van der Waals surface area contributed by atoms with Crippen molar-refractivity contribution in [3.63, 3.8) is 0 Å². The van der Waals surface area contributed by atoms with E-state index in [0.29, 0.717) is 11.3 Å². The molecule has 0 fully saturated rings. The van der Waals surface area contributed by atoms with Gasteiger partial charge in [-0.05, 0) is 24.5 Å². The minimum atomic E-state index is -3.56. The van der Waals surface area contributed by atoms with E-state index in [1.165, 1.54) is 6.92 Å². The number of sulfone groups is 1. The fourth-order valence-corrected chi connectivity index (χ4v) is 4.97. The Morgan fingerprint density at radius 3 is 2.21 bits per heavy atom. The van der Waals surface area contributed by atoms with Crippen LogP contribution in [0.15, 0.2) is 35.2 Å². The molecule has 0 saturated carbocycles. The molecule has 0 amide bonds. The first kappa shape index (κ1) is 20.7. The maximum Gasteiger partial charge on any atom is 0.302 e. The number of rotatable bonds is 10. The van der Waals surface area contributed by atoms with E-state index in [1.807, 2.05) is 13.8 Å². The number of carbonyl (C=O) groups is 1. The first-order valence-corrected chi connectivity index (χ1v) is 10.3. The van der Waals surface area contributed by atoms with E-state index in [1.54, 1.807) is 30.3 Å². The van der Waals surface area contributed by atoms with Crippen molar-refractivity contribution >= 4 is 15.8 Å². The van der Waals surface area contributed by atoms with Gasteiger partial charge in [-0.25, -0.2) is 8.42 Å². The van der Waals surface area contributed by atoms with Crippen LogP contribution in [0.2, 0.25) is 0 Å². The zero-order chi connectivity index (χ0) is 18.2. The minimum absolute atomic E-state index is 0.0661. The highest BCUT2D eigenvalue weighted by molar-refractivity contribution is 7.92. The Morgan fingerprint density at radius 1 is 1.08 bits per heavy atom. The number of carbonyl (C=O) groups excluding carboxylic acids is 1. The fraction of sp³-hybridized carbons (Fsp3) is 0.632. The summed E-state index contributed by atoms with van der Waals surface area (Å²) in [4.78, 5) is 11.8. The number of esters is 1. The zero-order valence-electron chi connectivity index (χ0n) is 15.2. The Labute approximate surface area is 146 Å². The van der Waals surface area contributed by atoms with E-state index >= 15 is 0 Å². The monoisotopic (exact) mass is 354 g/mol. The van der Waals surface area contributed by atoms with Gasteiger partial charge in [0.2, 0.25) is 0 Å². The third-order valence-corrected chi connectivity index (χ3v) is 6.37. The summed E-state index contributed by atoms with van der Waals surface area (Å²) in [5, 5.41) is -0.708. The summed E-state index contributed by atoms with van der Waals surface area (Å²) >= 11 is 0. The molecule has 24 heavy (non-hydrogen) atoms. The van der Waals surface area contributed by atoms with Gasteiger partial charge in [-0.2, -0.15) is 0 Å². The van der Waals surface area contributed by atoms with E-state index in [0.717, 1.165) is 25.7 Å². The van der Waals surface area contributed by atoms with Crippen LogP contribution in [-0.4, -0.2) is 25.7 Å². The van der Waals surface area contributed by atoms with Gasteiger partial charge >= 0.3 is 5.97 Å². The van der Waals surface area contributed by atoms with E-state index < -0.39 is 27.2 Å². The van der Waals surface area contributed by atoms with Gasteiger partial charge in [0.1, 0.15) is 11.4 Å². The van der Waals surface area contributed by atoms with E-state index in [-0.39, 0.29) is 5.92 Å². The van der Waals surface area contributed by atoms with Gasteiger partial charge in [0, 0.05) is 6.92 Å². The van der Waals surface area contributed by atoms with Crippen LogP contribution in [0.3, 0.4) is 0 Å². The highest BCUT2D eigenvalue weighted by Crippen LogP contribution is 2.28. The molecule has 0 aromatic heterocycles. The van der Waals surface area contributed by atoms with Gasteiger partial charge in [-0.1, -0.05) is 64.7 Å². The quantitative estimate of drug-likeness (QED) is 0.462. The maximum atomic E-state index is 13.1. The second kappa shape index (κ2) is 9.82. The lowest BCUT2D eigenvalue weighted by atomic mass is 9.99. The molecular formula is C19H30O4S. The molecule has 4 nitrogen and oxygen atoms in total. The maximum absolute atomic E-state index is 13.1. The summed E-state index contributed by atoms with van der Waals surface area (Å²) in [5.74, 6) is -0.501. The summed E-state index contributed by atoms with van der Waals surface area (Å²) in [6.45, 7) is 7.24. The van der Waals surface area contributed by atoms with Crippen molar-refractivity contribution in [2.45, 2.75) is 76.0 Å². The molecule has 0 aliphatic heterocycles. The van der Waals surface area contributed by atoms with Crippen molar-refractivity contribution in [1.82, 2.24) is 0 Å². The zero-order valence-corrected chi connectivity index (χ0v) is 16.0. The van der Waals surface area contributed by atoms with E-state index in [2.05, 4.69) is 6.92 Å². The lowest BCUT2D eigenvalue weighted by molar-refractivity contribution is -0.148. The molecular weight excluding hydrogens is 324 g/mol. The summed E-state index contributed by atoms with van der Waals surface area (Å²) in [6, 6.07) is 8.45. The lowest BCUT2D eigenvalue weighted by Crippen LogP contribution is -2.40. The Hall–Kier alpha value is -1.36. The van der Waals surface area contributed by atoms with Gasteiger partial charge in [0.15, 0.2) is 9.84 Å². The van der Waals surface area contributed by atoms with Crippen molar-refractivity contribution in [2.75, 3.05) is 0 Å². The average Bonchev–Trinajstić information content (AvgIpc) is 2.53. The summed E-state index contributed by atoms with van der Waals surface area (Å²) in [5.41, 5.74) is 0. The van der Waals surface area contributed by atoms with E-state index in [9.17, 15) is 13.2 Å². The predicted octanol–water partition coefficient (Wildman–Crippen LogP) is 4.39. The topological polar surface area (TPSA) is 60.4 Å². The van der Waals surface area contributed by atoms with Crippen molar-refractivity contribution in [3.05, 3.63) is 30.3 Å². The summed E-state index contributed by atoms with van der Waals surface area (Å²) in [7, 11) is -3.56. The SMILES string of the molecule is CCCCCCC(C(OC(C)=O)C(C)C)S(=O)(=O)c1ccccc1. The normalized spacial score (nSPS) is 14.4. The number of benzene rings is 1. The van der Waals surface area contributed by atoms with Crippen LogP contribution in [0.1, 0.15) is 59.8 Å². The van der Waals surface area contributed by atoms with Crippen LogP contribution in [-0.2, 0) is 19.4 Å². The molecule has 0 spiro atoms. The molecule has 0 aliphatic carbocycles. The molecule has 136 valence electrons. The Balaban J connectivity index is 3.13. The number of ether oxygens (including phenoxy) is 1. The first-order chi connectivity index (χ1) is 11.3. The molecule has 1 aromatic rings. The number of hydrogen-bond donors (Lipinski definition) is 0. The second-order valence-corrected chi connectivity index (χ2v) is 8.73. The van der Waals surface area contributed by atoms with Crippen LogP contribution in [0.4, 0.5) is 0 Å². The van der Waals surface area contributed by atoms with Crippen LogP contribution in [0.25, 0.3) is 0 Å². The van der Waals surface area contributed by atoms with Crippen LogP contribution < -0.4 is 0 Å². The number of unbranched alkanes of at least 4 members (excludes halogenated alkanes) is 3. The molecule has 2 unspecified atom stereocenters. The Bertz CT molecular complexity index is 593. The third kappa shape index (κ3) is 5.93. The second-order valence-electron chi connectivity index (χ2n) is 6.56. The predicted molar refractivity (Wildman–Crippen MR) is 96.6 cm³/mol. The van der Waals surface area contributed by atoms with Crippen molar-refractivity contribution < 1.29 is 17.9 Å². The molecule has 1 aromatic carbocycles. The molecule has 0 radical (unpaired) electrons. The Kier molecular flexibility index (Phi) is 8.46. The molecule has 2 atom stereocenters. The van der Waals surface area contributed by atoms with Gasteiger partial charge in [0.25, 0.3) is 0 Å². The van der Waals surface area contributed by atoms with E-state index in [4.69, 9.17) is 4.74 Å². The minimum Gasteiger partial charge on any atom is -0.461 e. The molecule has 0 saturated heterocycles. The summed E-state index contributed by atoms with van der Waals surface area (Å²) in [6.07, 6.45) is 3.85. The largest absolute Gasteiger partial charge is 0.461 e. The molecule has 0 N–H and O–H groups in total. The highest BCUT2D eigenvalue weighted by Gasteiger charge is 2.38. The van der Waals surface area contributed by atoms with Gasteiger partial charge in [-0.15, -0.1) is 0 Å². The molecule has 1 rings (SSSR count). The molecule has 0 heterocycles. The van der Waals surface area contributed by atoms with Gasteiger partial charge in [0.05, 0.1) is 4.90 Å². The van der Waals surface area contributed by atoms with Gasteiger partial charge < -0.3 is 4.74 Å². The Morgan fingerprint density at radius 2 is 1.71 bits per heavy atom. The average molecular weight is 355 g/mol. The molecule has 0 aliphatic rings. The van der Waals surface area contributed by atoms with Crippen LogP contribution >= 0.6 is 0 Å². The van der Waals surface area contributed by atoms with Crippen molar-refractivity contribution in [3.8, 4) is 0 Å². The smallest absolute Gasteiger partial charge is 0.302 e. The van der Waals surface area contributed by atoms with Crippen molar-refractivity contribution in [1.29, 1.82) is 0 Å².